The highest BCUT2D eigenvalue weighted by atomic mass is 127. The lowest BCUT2D eigenvalue weighted by Crippen LogP contribution is -2.46. The van der Waals surface area contributed by atoms with Crippen LogP contribution >= 0.6 is 24.0 Å². The lowest BCUT2D eigenvalue weighted by molar-refractivity contribution is 0.0195. The molecular weight excluding hydrogens is 493 g/mol. The first-order valence-electron chi connectivity index (χ1n) is 11.3. The maximum Gasteiger partial charge on any atom is 0.213 e. The van der Waals surface area contributed by atoms with Gasteiger partial charge >= 0.3 is 0 Å². The molecule has 168 valence electrons. The maximum atomic E-state index is 6.05. The van der Waals surface area contributed by atoms with Gasteiger partial charge in [-0.05, 0) is 50.7 Å². The molecule has 3 fully saturated rings. The van der Waals surface area contributed by atoms with E-state index >= 15 is 0 Å². The van der Waals surface area contributed by atoms with Gasteiger partial charge in [0.1, 0.15) is 6.10 Å². The van der Waals surface area contributed by atoms with Gasteiger partial charge < -0.3 is 19.7 Å². The van der Waals surface area contributed by atoms with Crippen LogP contribution in [0.25, 0.3) is 0 Å². The first-order valence-corrected chi connectivity index (χ1v) is 11.3. The SMILES string of the molecule is CCNC(=NCc1ccnc(OC2CCCC2)c1)N1CCC(N2CCOCC2)C1.I. The quantitative estimate of drug-likeness (QED) is 0.348. The second-order valence-corrected chi connectivity index (χ2v) is 8.23. The monoisotopic (exact) mass is 529 g/mol. The molecule has 1 saturated carbocycles. The average Bonchev–Trinajstić information content (AvgIpc) is 3.44. The van der Waals surface area contributed by atoms with Crippen molar-refractivity contribution in [2.75, 3.05) is 45.9 Å². The molecule has 4 rings (SSSR count). The summed E-state index contributed by atoms with van der Waals surface area (Å²) in [5.41, 5.74) is 1.15. The van der Waals surface area contributed by atoms with Gasteiger partial charge in [0, 0.05) is 51.0 Å². The number of halogens is 1. The van der Waals surface area contributed by atoms with Crippen LogP contribution in [0.3, 0.4) is 0 Å². The van der Waals surface area contributed by atoms with E-state index in [9.17, 15) is 0 Å². The Morgan fingerprint density at radius 2 is 2.03 bits per heavy atom. The van der Waals surface area contributed by atoms with E-state index in [4.69, 9.17) is 14.5 Å². The standard InChI is InChI=1S/C22H35N5O2.HI/c1-2-23-22(27-10-8-19(17-27)26-11-13-28-14-12-26)25-16-18-7-9-24-21(15-18)29-20-5-3-4-6-20;/h7,9,15,19-20H,2-6,8,10-14,16-17H2,1H3,(H,23,25);1H. The minimum Gasteiger partial charge on any atom is -0.474 e. The van der Waals surface area contributed by atoms with Crippen LogP contribution in [0.5, 0.6) is 5.88 Å². The third-order valence-corrected chi connectivity index (χ3v) is 6.16. The summed E-state index contributed by atoms with van der Waals surface area (Å²) in [6.45, 7) is 9.56. The number of nitrogens with zero attached hydrogens (tertiary/aromatic N) is 4. The highest BCUT2D eigenvalue weighted by Crippen LogP contribution is 2.23. The number of aliphatic imine (C=N–C) groups is 1. The van der Waals surface area contributed by atoms with E-state index in [2.05, 4.69) is 27.0 Å². The van der Waals surface area contributed by atoms with Crippen molar-refractivity contribution in [3.05, 3.63) is 23.9 Å². The molecule has 3 aliphatic rings. The van der Waals surface area contributed by atoms with E-state index in [1.54, 1.807) is 0 Å². The Morgan fingerprint density at radius 3 is 2.80 bits per heavy atom. The van der Waals surface area contributed by atoms with E-state index in [-0.39, 0.29) is 24.0 Å². The van der Waals surface area contributed by atoms with E-state index < -0.39 is 0 Å². The molecule has 3 heterocycles. The van der Waals surface area contributed by atoms with Crippen molar-refractivity contribution in [3.8, 4) is 5.88 Å². The van der Waals surface area contributed by atoms with Crippen LogP contribution in [0, 0.1) is 0 Å². The van der Waals surface area contributed by atoms with Gasteiger partial charge in [-0.3, -0.25) is 4.90 Å². The van der Waals surface area contributed by atoms with Gasteiger partial charge in [-0.1, -0.05) is 0 Å². The molecule has 0 spiro atoms. The molecular formula is C22H36IN5O2. The average molecular weight is 529 g/mol. The summed E-state index contributed by atoms with van der Waals surface area (Å²) >= 11 is 0. The molecule has 2 aliphatic heterocycles. The highest BCUT2D eigenvalue weighted by molar-refractivity contribution is 14.0. The Kier molecular flexibility index (Phi) is 9.45. The normalized spacial score (nSPS) is 23.4. The van der Waals surface area contributed by atoms with Gasteiger partial charge in [-0.2, -0.15) is 0 Å². The molecule has 0 bridgehead atoms. The third kappa shape index (κ3) is 6.43. The fourth-order valence-electron chi connectivity index (χ4n) is 4.56. The molecule has 30 heavy (non-hydrogen) atoms. The fourth-order valence-corrected chi connectivity index (χ4v) is 4.56. The molecule has 1 N–H and O–H groups in total. The number of aromatic nitrogens is 1. The number of pyridine rings is 1. The summed E-state index contributed by atoms with van der Waals surface area (Å²) in [5.74, 6) is 1.75. The molecule has 1 aromatic rings. The lowest BCUT2D eigenvalue weighted by atomic mass is 10.2. The Balaban J connectivity index is 0.00000256. The minimum atomic E-state index is 0. The Morgan fingerprint density at radius 1 is 1.23 bits per heavy atom. The van der Waals surface area contributed by atoms with Crippen molar-refractivity contribution in [2.45, 2.75) is 57.7 Å². The van der Waals surface area contributed by atoms with Crippen molar-refractivity contribution in [3.63, 3.8) is 0 Å². The number of hydrogen-bond donors (Lipinski definition) is 1. The summed E-state index contributed by atoms with van der Waals surface area (Å²) in [7, 11) is 0. The van der Waals surface area contributed by atoms with Crippen molar-refractivity contribution in [1.29, 1.82) is 0 Å². The Labute approximate surface area is 197 Å². The van der Waals surface area contributed by atoms with Gasteiger partial charge in [0.2, 0.25) is 5.88 Å². The zero-order chi connectivity index (χ0) is 19.9. The lowest BCUT2D eigenvalue weighted by Gasteiger charge is -2.32. The number of nitrogens with one attached hydrogen (secondary N) is 1. The van der Waals surface area contributed by atoms with Gasteiger partial charge in [0.05, 0.1) is 19.8 Å². The van der Waals surface area contributed by atoms with Crippen molar-refractivity contribution >= 4 is 29.9 Å². The predicted octanol–water partition coefficient (Wildman–Crippen LogP) is 2.89. The van der Waals surface area contributed by atoms with Gasteiger partial charge in [-0.25, -0.2) is 9.98 Å². The van der Waals surface area contributed by atoms with Crippen LogP contribution in [-0.4, -0.2) is 78.8 Å². The molecule has 7 nitrogen and oxygen atoms in total. The molecule has 0 radical (unpaired) electrons. The molecule has 0 amide bonds. The highest BCUT2D eigenvalue weighted by Gasteiger charge is 2.30. The second-order valence-electron chi connectivity index (χ2n) is 8.23. The van der Waals surface area contributed by atoms with E-state index in [0.717, 1.165) is 76.2 Å². The summed E-state index contributed by atoms with van der Waals surface area (Å²) in [6.07, 6.45) is 8.19. The third-order valence-electron chi connectivity index (χ3n) is 6.16. The minimum absolute atomic E-state index is 0. The van der Waals surface area contributed by atoms with Crippen molar-refractivity contribution in [2.24, 2.45) is 4.99 Å². The summed E-state index contributed by atoms with van der Waals surface area (Å²) in [5, 5.41) is 3.48. The number of rotatable bonds is 6. The fraction of sp³-hybridized carbons (Fsp3) is 0.727. The largest absolute Gasteiger partial charge is 0.474 e. The van der Waals surface area contributed by atoms with Crippen LogP contribution in [0.2, 0.25) is 0 Å². The zero-order valence-corrected chi connectivity index (χ0v) is 20.4. The molecule has 0 aromatic carbocycles. The summed E-state index contributed by atoms with van der Waals surface area (Å²) in [4.78, 5) is 14.3. The molecule has 1 aromatic heterocycles. The molecule has 1 atom stereocenters. The Bertz CT molecular complexity index is 677. The topological polar surface area (TPSA) is 62.2 Å². The zero-order valence-electron chi connectivity index (χ0n) is 18.1. The van der Waals surface area contributed by atoms with Crippen LogP contribution in [0.1, 0.15) is 44.6 Å². The van der Waals surface area contributed by atoms with Gasteiger partial charge in [-0.15, -0.1) is 24.0 Å². The number of hydrogen-bond acceptors (Lipinski definition) is 5. The molecule has 1 unspecified atom stereocenters. The number of likely N-dealkylation sites (tertiary alicyclic amines) is 1. The summed E-state index contributed by atoms with van der Waals surface area (Å²) < 4.78 is 11.6. The van der Waals surface area contributed by atoms with Crippen LogP contribution in [-0.2, 0) is 11.3 Å². The van der Waals surface area contributed by atoms with E-state index in [1.165, 1.54) is 19.3 Å². The predicted molar refractivity (Wildman–Crippen MR) is 130 cm³/mol. The maximum absolute atomic E-state index is 6.05. The van der Waals surface area contributed by atoms with E-state index in [0.29, 0.717) is 18.7 Å². The van der Waals surface area contributed by atoms with E-state index in [1.807, 2.05) is 18.3 Å². The Hall–Kier alpha value is -1.13. The first-order chi connectivity index (χ1) is 14.3. The van der Waals surface area contributed by atoms with Crippen LogP contribution in [0.4, 0.5) is 0 Å². The number of morpholine rings is 1. The first kappa shape index (κ1) is 23.5. The molecule has 2 saturated heterocycles. The smallest absolute Gasteiger partial charge is 0.213 e. The van der Waals surface area contributed by atoms with Gasteiger partial charge in [0.15, 0.2) is 5.96 Å². The summed E-state index contributed by atoms with van der Waals surface area (Å²) in [6, 6.07) is 4.69. The van der Waals surface area contributed by atoms with Crippen LogP contribution in [0.15, 0.2) is 23.3 Å². The molecule has 8 heteroatoms. The second kappa shape index (κ2) is 12.0. The number of guanidine groups is 1. The van der Waals surface area contributed by atoms with Crippen molar-refractivity contribution < 1.29 is 9.47 Å². The van der Waals surface area contributed by atoms with Gasteiger partial charge in [0.25, 0.3) is 0 Å². The number of ether oxygens (including phenoxy) is 2. The van der Waals surface area contributed by atoms with Crippen LogP contribution < -0.4 is 10.1 Å². The van der Waals surface area contributed by atoms with Crippen molar-refractivity contribution in [1.82, 2.24) is 20.1 Å². The molecule has 1 aliphatic carbocycles.